The largest absolute Gasteiger partial charge is 0.497 e. The van der Waals surface area contributed by atoms with Crippen molar-refractivity contribution in [3.05, 3.63) is 50.7 Å². The number of thiophene rings is 1. The maximum absolute atomic E-state index is 5.27. The minimum Gasteiger partial charge on any atom is -0.497 e. The van der Waals surface area contributed by atoms with Gasteiger partial charge in [0.2, 0.25) is 0 Å². The number of fused-ring (bicyclic) bond motifs is 1. The third-order valence-corrected chi connectivity index (χ3v) is 6.36. The van der Waals surface area contributed by atoms with E-state index in [4.69, 9.17) is 4.74 Å². The lowest BCUT2D eigenvalue weighted by Crippen LogP contribution is -1.95. The van der Waals surface area contributed by atoms with Crippen molar-refractivity contribution in [2.24, 2.45) is 0 Å². The second-order valence-corrected chi connectivity index (χ2v) is 7.12. The molecule has 3 heteroatoms. The van der Waals surface area contributed by atoms with Crippen molar-refractivity contribution in [2.45, 2.75) is 31.0 Å². The number of aryl methyl sites for hydroxylation is 3. The molecule has 0 fully saturated rings. The molecule has 1 aliphatic rings. The molecule has 0 spiro atoms. The summed E-state index contributed by atoms with van der Waals surface area (Å²) in [6.45, 7) is 2.15. The molecule has 3 rings (SSSR count). The van der Waals surface area contributed by atoms with Crippen LogP contribution in [-0.4, -0.2) is 7.11 Å². The summed E-state index contributed by atoms with van der Waals surface area (Å²) in [5.41, 5.74) is 4.17. The molecule has 1 nitrogen and oxygen atoms in total. The van der Waals surface area contributed by atoms with Gasteiger partial charge in [-0.2, -0.15) is 0 Å². The van der Waals surface area contributed by atoms with Crippen LogP contribution in [0.2, 0.25) is 0 Å². The Labute approximate surface area is 126 Å². The SMILES string of the molecule is COc1ccc(C(Br)c2cc3c(s2)CCC3)c(C)c1. The van der Waals surface area contributed by atoms with Gasteiger partial charge >= 0.3 is 0 Å². The van der Waals surface area contributed by atoms with Gasteiger partial charge in [-0.1, -0.05) is 22.0 Å². The molecule has 1 aromatic heterocycles. The number of ether oxygens (including phenoxy) is 1. The number of hydrogen-bond donors (Lipinski definition) is 0. The Hall–Kier alpha value is -0.800. The van der Waals surface area contributed by atoms with Crippen LogP contribution in [0.25, 0.3) is 0 Å². The topological polar surface area (TPSA) is 9.23 Å². The number of hydrogen-bond acceptors (Lipinski definition) is 2. The zero-order valence-electron chi connectivity index (χ0n) is 11.2. The first-order chi connectivity index (χ1) is 9.19. The zero-order chi connectivity index (χ0) is 13.4. The molecule has 0 radical (unpaired) electrons. The average molecular weight is 337 g/mol. The summed E-state index contributed by atoms with van der Waals surface area (Å²) >= 11 is 5.83. The lowest BCUT2D eigenvalue weighted by Gasteiger charge is -2.13. The van der Waals surface area contributed by atoms with Crippen LogP contribution >= 0.6 is 27.3 Å². The van der Waals surface area contributed by atoms with Gasteiger partial charge in [0.15, 0.2) is 0 Å². The van der Waals surface area contributed by atoms with Crippen molar-refractivity contribution in [1.29, 1.82) is 0 Å². The normalized spacial score (nSPS) is 15.3. The highest BCUT2D eigenvalue weighted by molar-refractivity contribution is 9.09. The number of methoxy groups -OCH3 is 1. The molecule has 1 unspecified atom stereocenters. The van der Waals surface area contributed by atoms with Gasteiger partial charge in [-0.05, 0) is 61.1 Å². The molecule has 0 aliphatic heterocycles. The summed E-state index contributed by atoms with van der Waals surface area (Å²) in [6, 6.07) is 8.69. The molecule has 0 amide bonds. The van der Waals surface area contributed by atoms with Crippen LogP contribution in [-0.2, 0) is 12.8 Å². The van der Waals surface area contributed by atoms with Crippen molar-refractivity contribution in [2.75, 3.05) is 7.11 Å². The minimum atomic E-state index is 0.300. The summed E-state index contributed by atoms with van der Waals surface area (Å²) in [7, 11) is 1.71. The van der Waals surface area contributed by atoms with Crippen molar-refractivity contribution >= 4 is 27.3 Å². The zero-order valence-corrected chi connectivity index (χ0v) is 13.6. The third kappa shape index (κ3) is 2.46. The lowest BCUT2D eigenvalue weighted by molar-refractivity contribution is 0.414. The number of alkyl halides is 1. The van der Waals surface area contributed by atoms with Gasteiger partial charge in [-0.25, -0.2) is 0 Å². The average Bonchev–Trinajstić information content (AvgIpc) is 2.98. The van der Waals surface area contributed by atoms with E-state index in [1.165, 1.54) is 35.3 Å². The van der Waals surface area contributed by atoms with Crippen LogP contribution in [0.5, 0.6) is 5.75 Å². The van der Waals surface area contributed by atoms with Crippen LogP contribution in [0.15, 0.2) is 24.3 Å². The third-order valence-electron chi connectivity index (χ3n) is 3.77. The summed E-state index contributed by atoms with van der Waals surface area (Å²) in [6.07, 6.45) is 3.85. The summed E-state index contributed by atoms with van der Waals surface area (Å²) < 4.78 is 5.27. The van der Waals surface area contributed by atoms with E-state index in [0.717, 1.165) is 5.75 Å². The quantitative estimate of drug-likeness (QED) is 0.713. The minimum absolute atomic E-state index is 0.300. The fraction of sp³-hybridized carbons (Fsp3) is 0.375. The molecule has 2 aromatic rings. The van der Waals surface area contributed by atoms with E-state index in [0.29, 0.717) is 4.83 Å². The van der Waals surface area contributed by atoms with Gasteiger partial charge in [-0.3, -0.25) is 0 Å². The van der Waals surface area contributed by atoms with Crippen LogP contribution < -0.4 is 4.74 Å². The van der Waals surface area contributed by atoms with Crippen molar-refractivity contribution in [3.8, 4) is 5.75 Å². The van der Waals surface area contributed by atoms with Crippen molar-refractivity contribution in [3.63, 3.8) is 0 Å². The number of halogens is 1. The maximum atomic E-state index is 5.27. The Morgan fingerprint density at radius 1 is 1.26 bits per heavy atom. The Bertz CT molecular complexity index is 581. The standard InChI is InChI=1S/C16H17BrOS/c1-10-8-12(18-2)6-7-13(10)16(17)15-9-11-4-3-5-14(11)19-15/h6-9,16H,3-5H2,1-2H3. The van der Waals surface area contributed by atoms with E-state index in [1.807, 2.05) is 17.4 Å². The van der Waals surface area contributed by atoms with E-state index in [1.54, 1.807) is 17.6 Å². The smallest absolute Gasteiger partial charge is 0.119 e. The Morgan fingerprint density at radius 3 is 2.79 bits per heavy atom. The van der Waals surface area contributed by atoms with Crippen LogP contribution in [0, 0.1) is 6.92 Å². The molecule has 0 saturated heterocycles. The summed E-state index contributed by atoms with van der Waals surface area (Å²) in [5.74, 6) is 0.926. The molecule has 100 valence electrons. The van der Waals surface area contributed by atoms with E-state index < -0.39 is 0 Å². The van der Waals surface area contributed by atoms with Gasteiger partial charge < -0.3 is 4.74 Å². The summed E-state index contributed by atoms with van der Waals surface area (Å²) in [5, 5.41) is 0. The van der Waals surface area contributed by atoms with E-state index in [-0.39, 0.29) is 0 Å². The molecule has 1 heterocycles. The molecule has 19 heavy (non-hydrogen) atoms. The van der Waals surface area contributed by atoms with E-state index in [2.05, 4.69) is 41.1 Å². The molecule has 1 aliphatic carbocycles. The molecule has 1 atom stereocenters. The first kappa shape index (κ1) is 13.2. The predicted octanol–water partition coefficient (Wildman–Crippen LogP) is 5.04. The molecule has 0 saturated carbocycles. The highest BCUT2D eigenvalue weighted by atomic mass is 79.9. The van der Waals surface area contributed by atoms with Gasteiger partial charge in [-0.15, -0.1) is 11.3 Å². The van der Waals surface area contributed by atoms with Gasteiger partial charge in [0.05, 0.1) is 11.9 Å². The molecular weight excluding hydrogens is 320 g/mol. The molecule has 0 bridgehead atoms. The number of rotatable bonds is 3. The maximum Gasteiger partial charge on any atom is 0.119 e. The second kappa shape index (κ2) is 5.29. The monoisotopic (exact) mass is 336 g/mol. The van der Waals surface area contributed by atoms with Gasteiger partial charge in [0.1, 0.15) is 5.75 Å². The Balaban J connectivity index is 1.92. The predicted molar refractivity (Wildman–Crippen MR) is 84.8 cm³/mol. The van der Waals surface area contributed by atoms with Crippen molar-refractivity contribution < 1.29 is 4.74 Å². The second-order valence-electron chi connectivity index (χ2n) is 5.04. The first-order valence-electron chi connectivity index (χ1n) is 6.59. The van der Waals surface area contributed by atoms with Crippen LogP contribution in [0.4, 0.5) is 0 Å². The molecule has 1 aromatic carbocycles. The van der Waals surface area contributed by atoms with Gasteiger partial charge in [0, 0.05) is 9.75 Å². The first-order valence-corrected chi connectivity index (χ1v) is 8.32. The van der Waals surface area contributed by atoms with Gasteiger partial charge in [0.25, 0.3) is 0 Å². The van der Waals surface area contributed by atoms with Crippen molar-refractivity contribution in [1.82, 2.24) is 0 Å². The van der Waals surface area contributed by atoms with E-state index in [9.17, 15) is 0 Å². The summed E-state index contributed by atoms with van der Waals surface area (Å²) in [4.78, 5) is 3.32. The van der Waals surface area contributed by atoms with Crippen LogP contribution in [0.3, 0.4) is 0 Å². The fourth-order valence-corrected chi connectivity index (χ4v) is 4.87. The highest BCUT2D eigenvalue weighted by Gasteiger charge is 2.20. The lowest BCUT2D eigenvalue weighted by atomic mass is 10.0. The fourth-order valence-electron chi connectivity index (χ4n) is 2.69. The molecule has 0 N–H and O–H groups in total. The van der Waals surface area contributed by atoms with E-state index >= 15 is 0 Å². The highest BCUT2D eigenvalue weighted by Crippen LogP contribution is 2.41. The Kier molecular flexibility index (Phi) is 3.68. The number of benzene rings is 1. The van der Waals surface area contributed by atoms with Crippen LogP contribution in [0.1, 0.15) is 37.7 Å². The Morgan fingerprint density at radius 2 is 2.11 bits per heavy atom. The molecular formula is C16H17BrOS.